The zero-order chi connectivity index (χ0) is 14.3. The molecule has 0 aromatic heterocycles. The third-order valence-corrected chi connectivity index (χ3v) is 3.03. The fraction of sp³-hybridized carbons (Fsp3) is 0.833. The lowest BCUT2D eigenvalue weighted by Crippen LogP contribution is -2.49. The molecule has 19 heavy (non-hydrogen) atoms. The molecule has 0 aromatic carbocycles. The molecule has 0 radical (unpaired) electrons. The average molecular weight is 279 g/mol. The van der Waals surface area contributed by atoms with Crippen LogP contribution in [-0.2, 0) is 14.3 Å². The van der Waals surface area contributed by atoms with Gasteiger partial charge in [-0.1, -0.05) is 0 Å². The number of hydrogen-bond acceptors (Lipinski definition) is 3. The Hall–Kier alpha value is -1.24. The van der Waals surface area contributed by atoms with E-state index in [0.29, 0.717) is 26.0 Å². The summed E-state index contributed by atoms with van der Waals surface area (Å²) in [7, 11) is 0. The van der Waals surface area contributed by atoms with Crippen LogP contribution in [-0.4, -0.2) is 54.1 Å². The molecule has 1 atom stereocenters. The molecule has 1 N–H and O–H groups in total. The Morgan fingerprint density at radius 3 is 2.63 bits per heavy atom. The van der Waals surface area contributed by atoms with Crippen LogP contribution in [0.3, 0.4) is 0 Å². The Labute approximate surface area is 110 Å². The Kier molecular flexibility index (Phi) is 6.69. The molecule has 5 nitrogen and oxygen atoms in total. The van der Waals surface area contributed by atoms with Gasteiger partial charge in [0.2, 0.25) is 12.3 Å². The maximum absolute atomic E-state index is 12.4. The van der Waals surface area contributed by atoms with Gasteiger partial charge in [-0.25, -0.2) is 8.78 Å². The monoisotopic (exact) mass is 279 g/mol. The minimum atomic E-state index is -2.46. The van der Waals surface area contributed by atoms with Gasteiger partial charge in [0.05, 0.1) is 19.3 Å². The molecule has 1 saturated heterocycles. The minimum absolute atomic E-state index is 0.0247. The predicted molar refractivity (Wildman–Crippen MR) is 63.0 cm³/mol. The first-order valence-corrected chi connectivity index (χ1v) is 6.38. The van der Waals surface area contributed by atoms with E-state index in [1.165, 1.54) is 4.90 Å². The maximum atomic E-state index is 12.4. The Balaban J connectivity index is 2.36. The fourth-order valence-electron chi connectivity index (χ4n) is 2.08. The topological polar surface area (TPSA) is 66.8 Å². The number of carbonyl (C=O) groups excluding carboxylic acids is 1. The Morgan fingerprint density at radius 2 is 2.00 bits per heavy atom. The fourth-order valence-corrected chi connectivity index (χ4v) is 2.08. The number of ether oxygens (including phenoxy) is 1. The van der Waals surface area contributed by atoms with Crippen molar-refractivity contribution in [2.75, 3.05) is 19.8 Å². The number of amides is 1. The molecule has 0 spiro atoms. The van der Waals surface area contributed by atoms with E-state index in [1.807, 2.05) is 0 Å². The van der Waals surface area contributed by atoms with E-state index in [9.17, 15) is 18.4 Å². The standard InChI is InChI=1S/C12H19F2NO4/c13-10(14)7-9-8-19-6-5-15(9)11(16)3-1-2-4-12(17)18/h9-10H,1-8H2,(H,17,18). The smallest absolute Gasteiger partial charge is 0.303 e. The normalized spacial score (nSPS) is 19.7. The second-order valence-corrected chi connectivity index (χ2v) is 4.54. The summed E-state index contributed by atoms with van der Waals surface area (Å²) < 4.78 is 29.9. The summed E-state index contributed by atoms with van der Waals surface area (Å²) in [5.41, 5.74) is 0. The second-order valence-electron chi connectivity index (χ2n) is 4.54. The van der Waals surface area contributed by atoms with Gasteiger partial charge in [-0.3, -0.25) is 9.59 Å². The van der Waals surface area contributed by atoms with Crippen LogP contribution in [0, 0.1) is 0 Å². The van der Waals surface area contributed by atoms with E-state index in [4.69, 9.17) is 9.84 Å². The van der Waals surface area contributed by atoms with Crippen molar-refractivity contribution in [2.24, 2.45) is 0 Å². The number of alkyl halides is 2. The maximum Gasteiger partial charge on any atom is 0.303 e. The molecule has 1 aliphatic rings. The van der Waals surface area contributed by atoms with E-state index >= 15 is 0 Å². The molecule has 1 aliphatic heterocycles. The number of rotatable bonds is 7. The van der Waals surface area contributed by atoms with Crippen molar-refractivity contribution in [1.82, 2.24) is 4.90 Å². The number of carbonyl (C=O) groups is 2. The summed E-state index contributed by atoms with van der Waals surface area (Å²) in [6.45, 7) is 0.834. The van der Waals surface area contributed by atoms with Gasteiger partial charge in [0.15, 0.2) is 0 Å². The first-order valence-electron chi connectivity index (χ1n) is 6.38. The number of morpholine rings is 1. The third-order valence-electron chi connectivity index (χ3n) is 3.03. The zero-order valence-electron chi connectivity index (χ0n) is 10.7. The van der Waals surface area contributed by atoms with Crippen molar-refractivity contribution in [2.45, 2.75) is 44.6 Å². The first kappa shape index (κ1) is 15.8. The molecular formula is C12H19F2NO4. The van der Waals surface area contributed by atoms with Crippen molar-refractivity contribution < 1.29 is 28.2 Å². The summed E-state index contributed by atoms with van der Waals surface area (Å²) in [4.78, 5) is 23.7. The van der Waals surface area contributed by atoms with E-state index in [2.05, 4.69) is 0 Å². The van der Waals surface area contributed by atoms with Gasteiger partial charge < -0.3 is 14.7 Å². The Morgan fingerprint density at radius 1 is 1.32 bits per heavy atom. The molecule has 110 valence electrons. The van der Waals surface area contributed by atoms with Crippen LogP contribution in [0.25, 0.3) is 0 Å². The van der Waals surface area contributed by atoms with Crippen LogP contribution in [0.1, 0.15) is 32.1 Å². The summed E-state index contributed by atoms with van der Waals surface area (Å²) in [6.07, 6.45) is -1.73. The summed E-state index contributed by atoms with van der Waals surface area (Å²) >= 11 is 0. The molecule has 0 bridgehead atoms. The number of aliphatic carboxylic acids is 1. The SMILES string of the molecule is O=C(O)CCCCC(=O)N1CCOCC1CC(F)F. The van der Waals surface area contributed by atoms with Crippen LogP contribution in [0.5, 0.6) is 0 Å². The first-order chi connectivity index (χ1) is 9.00. The summed E-state index contributed by atoms with van der Waals surface area (Å²) in [5, 5.41) is 8.47. The highest BCUT2D eigenvalue weighted by molar-refractivity contribution is 5.76. The van der Waals surface area contributed by atoms with Gasteiger partial charge in [-0.2, -0.15) is 0 Å². The van der Waals surface area contributed by atoms with Gasteiger partial charge in [0, 0.05) is 25.8 Å². The predicted octanol–water partition coefficient (Wildman–Crippen LogP) is 1.51. The highest BCUT2D eigenvalue weighted by atomic mass is 19.3. The van der Waals surface area contributed by atoms with Crippen LogP contribution < -0.4 is 0 Å². The summed E-state index contributed by atoms with van der Waals surface area (Å²) in [6, 6.07) is -0.569. The molecule has 0 aliphatic carbocycles. The van der Waals surface area contributed by atoms with Crippen molar-refractivity contribution in [3.63, 3.8) is 0 Å². The van der Waals surface area contributed by atoms with E-state index in [0.717, 1.165) is 0 Å². The summed E-state index contributed by atoms with van der Waals surface area (Å²) in [5.74, 6) is -1.09. The van der Waals surface area contributed by atoms with Gasteiger partial charge in [0.25, 0.3) is 0 Å². The molecule has 0 saturated carbocycles. The number of nitrogens with zero attached hydrogens (tertiary/aromatic N) is 1. The molecule has 1 heterocycles. The molecule has 1 unspecified atom stereocenters. The third kappa shape index (κ3) is 5.96. The second kappa shape index (κ2) is 8.04. The van der Waals surface area contributed by atoms with Crippen molar-refractivity contribution >= 4 is 11.9 Å². The van der Waals surface area contributed by atoms with Crippen molar-refractivity contribution in [3.05, 3.63) is 0 Å². The highest BCUT2D eigenvalue weighted by Gasteiger charge is 2.29. The molecule has 7 heteroatoms. The largest absolute Gasteiger partial charge is 0.481 e. The van der Waals surface area contributed by atoms with Crippen LogP contribution >= 0.6 is 0 Å². The number of hydrogen-bond donors (Lipinski definition) is 1. The molecule has 1 rings (SSSR count). The van der Waals surface area contributed by atoms with Gasteiger partial charge in [0.1, 0.15) is 0 Å². The van der Waals surface area contributed by atoms with Crippen molar-refractivity contribution in [1.29, 1.82) is 0 Å². The molecule has 1 fully saturated rings. The lowest BCUT2D eigenvalue weighted by molar-refractivity contribution is -0.142. The minimum Gasteiger partial charge on any atom is -0.481 e. The molecular weight excluding hydrogens is 260 g/mol. The number of carboxylic acid groups (broad SMARTS) is 1. The number of halogens is 2. The van der Waals surface area contributed by atoms with E-state index < -0.39 is 18.4 Å². The van der Waals surface area contributed by atoms with Crippen molar-refractivity contribution in [3.8, 4) is 0 Å². The van der Waals surface area contributed by atoms with Gasteiger partial charge in [-0.05, 0) is 12.8 Å². The van der Waals surface area contributed by atoms with Crippen LogP contribution in [0.4, 0.5) is 8.78 Å². The molecule has 0 aromatic rings. The van der Waals surface area contributed by atoms with Gasteiger partial charge >= 0.3 is 5.97 Å². The lowest BCUT2D eigenvalue weighted by atomic mass is 10.1. The van der Waals surface area contributed by atoms with Gasteiger partial charge in [-0.15, -0.1) is 0 Å². The van der Waals surface area contributed by atoms with E-state index in [1.54, 1.807) is 0 Å². The van der Waals surface area contributed by atoms with E-state index in [-0.39, 0.29) is 31.8 Å². The number of unbranched alkanes of at least 4 members (excludes halogenated alkanes) is 1. The van der Waals surface area contributed by atoms with Crippen LogP contribution in [0.15, 0.2) is 0 Å². The molecule has 1 amide bonds. The Bertz CT molecular complexity index is 312. The highest BCUT2D eigenvalue weighted by Crippen LogP contribution is 2.17. The average Bonchev–Trinajstić information content (AvgIpc) is 2.34. The lowest BCUT2D eigenvalue weighted by Gasteiger charge is -2.35. The quantitative estimate of drug-likeness (QED) is 0.717. The number of carboxylic acids is 1. The van der Waals surface area contributed by atoms with Crippen LogP contribution in [0.2, 0.25) is 0 Å². The zero-order valence-corrected chi connectivity index (χ0v) is 10.7.